The first-order valence-corrected chi connectivity index (χ1v) is 7.43. The van der Waals surface area contributed by atoms with E-state index in [2.05, 4.69) is 30.6 Å². The zero-order chi connectivity index (χ0) is 15.1. The highest BCUT2D eigenvalue weighted by Crippen LogP contribution is 2.11. The summed E-state index contributed by atoms with van der Waals surface area (Å²) in [6, 6.07) is 0. The highest BCUT2D eigenvalue weighted by Gasteiger charge is 2.23. The summed E-state index contributed by atoms with van der Waals surface area (Å²) >= 11 is 0. The summed E-state index contributed by atoms with van der Waals surface area (Å²) in [6.07, 6.45) is 0. The maximum atomic E-state index is 11.9. The first-order valence-electron chi connectivity index (χ1n) is 7.43. The largest absolute Gasteiger partial charge is 0.366 e. The van der Waals surface area contributed by atoms with Crippen molar-refractivity contribution in [2.45, 2.75) is 27.7 Å². The third-order valence-corrected chi connectivity index (χ3v) is 3.24. The van der Waals surface area contributed by atoms with Gasteiger partial charge in [0, 0.05) is 37.9 Å². The normalized spacial score (nSPS) is 19.9. The van der Waals surface area contributed by atoms with Crippen LogP contribution in [0.25, 0.3) is 0 Å². The molecule has 0 aromatic rings. The molecule has 0 N–H and O–H groups in total. The molecule has 0 aliphatic carbocycles. The van der Waals surface area contributed by atoms with Crippen LogP contribution in [0.5, 0.6) is 0 Å². The standard InChI is InChI=1S/C16H28N2O2/c1-13(2)7-6-8-18-10-15(11-20-12-18)9-17(5)16(19)14(3)4/h13-15H,8-12H2,1-5H3/t15-/m1/s1. The smallest absolute Gasteiger partial charge is 0.224 e. The van der Waals surface area contributed by atoms with Crippen molar-refractivity contribution >= 4 is 5.91 Å². The lowest BCUT2D eigenvalue weighted by molar-refractivity contribution is -0.135. The summed E-state index contributed by atoms with van der Waals surface area (Å²) in [6.45, 7) is 11.9. The van der Waals surface area contributed by atoms with Gasteiger partial charge in [-0.1, -0.05) is 39.5 Å². The van der Waals surface area contributed by atoms with Gasteiger partial charge in [0.1, 0.15) is 0 Å². The van der Waals surface area contributed by atoms with Gasteiger partial charge < -0.3 is 9.64 Å². The summed E-state index contributed by atoms with van der Waals surface area (Å²) in [4.78, 5) is 15.9. The lowest BCUT2D eigenvalue weighted by Crippen LogP contribution is -2.45. The van der Waals surface area contributed by atoms with Crippen LogP contribution in [0.4, 0.5) is 0 Å². The van der Waals surface area contributed by atoms with E-state index in [1.807, 2.05) is 25.8 Å². The van der Waals surface area contributed by atoms with Crippen LogP contribution >= 0.6 is 0 Å². The maximum absolute atomic E-state index is 11.9. The van der Waals surface area contributed by atoms with Crippen LogP contribution in [0.3, 0.4) is 0 Å². The molecule has 1 aliphatic rings. The van der Waals surface area contributed by atoms with E-state index in [4.69, 9.17) is 4.74 Å². The molecule has 0 aromatic carbocycles. The van der Waals surface area contributed by atoms with Gasteiger partial charge in [-0.2, -0.15) is 0 Å². The Kier molecular flexibility index (Phi) is 7.04. The molecule has 1 fully saturated rings. The molecule has 20 heavy (non-hydrogen) atoms. The van der Waals surface area contributed by atoms with Crippen molar-refractivity contribution in [1.29, 1.82) is 0 Å². The molecule has 4 nitrogen and oxygen atoms in total. The van der Waals surface area contributed by atoms with Gasteiger partial charge in [0.15, 0.2) is 0 Å². The molecule has 114 valence electrons. The number of ether oxygens (including phenoxy) is 1. The molecular formula is C16H28N2O2. The second-order valence-corrected chi connectivity index (χ2v) is 6.23. The predicted molar refractivity (Wildman–Crippen MR) is 81.0 cm³/mol. The lowest BCUT2D eigenvalue weighted by atomic mass is 10.1. The molecule has 0 bridgehead atoms. The van der Waals surface area contributed by atoms with E-state index in [9.17, 15) is 4.79 Å². The summed E-state index contributed by atoms with van der Waals surface area (Å²) in [7, 11) is 1.87. The Morgan fingerprint density at radius 2 is 2.10 bits per heavy atom. The Morgan fingerprint density at radius 3 is 2.70 bits per heavy atom. The predicted octanol–water partition coefficient (Wildman–Crippen LogP) is 1.67. The van der Waals surface area contributed by atoms with Gasteiger partial charge in [-0.3, -0.25) is 9.69 Å². The minimum absolute atomic E-state index is 0.0533. The first kappa shape index (κ1) is 17.0. The number of rotatable bonds is 4. The Labute approximate surface area is 123 Å². The number of hydrogen-bond acceptors (Lipinski definition) is 3. The Balaban J connectivity index is 2.41. The minimum atomic E-state index is 0.0533. The van der Waals surface area contributed by atoms with E-state index in [-0.39, 0.29) is 11.8 Å². The van der Waals surface area contributed by atoms with Gasteiger partial charge in [-0.25, -0.2) is 0 Å². The van der Waals surface area contributed by atoms with Crippen molar-refractivity contribution in [2.24, 2.45) is 17.8 Å². The third kappa shape index (κ3) is 5.94. The first-order chi connectivity index (χ1) is 9.40. The third-order valence-electron chi connectivity index (χ3n) is 3.24. The van der Waals surface area contributed by atoms with E-state index in [1.54, 1.807) is 0 Å². The van der Waals surface area contributed by atoms with Crippen LogP contribution < -0.4 is 0 Å². The Morgan fingerprint density at radius 1 is 1.40 bits per heavy atom. The second kappa shape index (κ2) is 8.28. The van der Waals surface area contributed by atoms with Crippen LogP contribution in [0.15, 0.2) is 0 Å². The van der Waals surface area contributed by atoms with Crippen LogP contribution in [0.1, 0.15) is 27.7 Å². The van der Waals surface area contributed by atoms with Gasteiger partial charge in [-0.15, -0.1) is 0 Å². The SMILES string of the molecule is CC(C)C#CCN1COC[C@H](CN(C)C(=O)C(C)C)C1. The average Bonchev–Trinajstić information content (AvgIpc) is 2.37. The minimum Gasteiger partial charge on any atom is -0.366 e. The number of hydrogen-bond donors (Lipinski definition) is 0. The van der Waals surface area contributed by atoms with Crippen molar-refractivity contribution in [2.75, 3.05) is 40.0 Å². The van der Waals surface area contributed by atoms with Crippen LogP contribution in [-0.4, -0.2) is 55.7 Å². The molecule has 4 heteroatoms. The maximum Gasteiger partial charge on any atom is 0.224 e. The molecule has 0 radical (unpaired) electrons. The van der Waals surface area contributed by atoms with Gasteiger partial charge in [0.05, 0.1) is 19.9 Å². The molecule has 1 aliphatic heterocycles. The van der Waals surface area contributed by atoms with Crippen molar-refractivity contribution in [3.05, 3.63) is 0 Å². The van der Waals surface area contributed by atoms with Crippen molar-refractivity contribution in [3.63, 3.8) is 0 Å². The monoisotopic (exact) mass is 280 g/mol. The zero-order valence-electron chi connectivity index (χ0n) is 13.5. The molecule has 1 atom stereocenters. The quantitative estimate of drug-likeness (QED) is 0.734. The molecule has 1 amide bonds. The number of carbonyl (C=O) groups excluding carboxylic acids is 1. The molecular weight excluding hydrogens is 252 g/mol. The number of nitrogens with zero attached hydrogens (tertiary/aromatic N) is 2. The molecule has 0 aromatic heterocycles. The van der Waals surface area contributed by atoms with Crippen LogP contribution in [0.2, 0.25) is 0 Å². The lowest BCUT2D eigenvalue weighted by Gasteiger charge is -2.34. The van der Waals surface area contributed by atoms with Gasteiger partial charge in [-0.05, 0) is 0 Å². The molecule has 1 heterocycles. The fourth-order valence-corrected chi connectivity index (χ4v) is 2.32. The van der Waals surface area contributed by atoms with Gasteiger partial charge in [0.25, 0.3) is 0 Å². The fraction of sp³-hybridized carbons (Fsp3) is 0.812. The van der Waals surface area contributed by atoms with Crippen molar-refractivity contribution in [1.82, 2.24) is 9.80 Å². The highest BCUT2D eigenvalue weighted by atomic mass is 16.5. The van der Waals surface area contributed by atoms with E-state index in [0.717, 1.165) is 26.2 Å². The fourth-order valence-electron chi connectivity index (χ4n) is 2.32. The summed E-state index contributed by atoms with van der Waals surface area (Å²) in [5.41, 5.74) is 0. The molecule has 1 rings (SSSR count). The highest BCUT2D eigenvalue weighted by molar-refractivity contribution is 5.77. The molecule has 0 spiro atoms. The second-order valence-electron chi connectivity index (χ2n) is 6.23. The van der Waals surface area contributed by atoms with Crippen molar-refractivity contribution in [3.8, 4) is 11.8 Å². The summed E-state index contributed by atoms with van der Waals surface area (Å²) < 4.78 is 5.61. The zero-order valence-corrected chi connectivity index (χ0v) is 13.5. The molecule has 1 saturated heterocycles. The molecule has 0 saturated carbocycles. The van der Waals surface area contributed by atoms with E-state index < -0.39 is 0 Å². The topological polar surface area (TPSA) is 32.8 Å². The van der Waals surface area contributed by atoms with Gasteiger partial charge >= 0.3 is 0 Å². The van der Waals surface area contributed by atoms with E-state index in [0.29, 0.717) is 18.6 Å². The van der Waals surface area contributed by atoms with E-state index in [1.165, 1.54) is 0 Å². The average molecular weight is 280 g/mol. The van der Waals surface area contributed by atoms with Crippen molar-refractivity contribution < 1.29 is 9.53 Å². The number of carbonyl (C=O) groups is 1. The van der Waals surface area contributed by atoms with E-state index >= 15 is 0 Å². The summed E-state index contributed by atoms with van der Waals surface area (Å²) in [5, 5.41) is 0. The Bertz CT molecular complexity index is 368. The van der Waals surface area contributed by atoms with Gasteiger partial charge in [0.2, 0.25) is 5.91 Å². The number of amides is 1. The Hall–Kier alpha value is -1.05. The van der Waals surface area contributed by atoms with Crippen LogP contribution in [-0.2, 0) is 9.53 Å². The van der Waals surface area contributed by atoms with Crippen LogP contribution in [0, 0.1) is 29.6 Å². The summed E-state index contributed by atoms with van der Waals surface area (Å²) in [5.74, 6) is 7.38. The molecule has 0 unspecified atom stereocenters.